The summed E-state index contributed by atoms with van der Waals surface area (Å²) in [4.78, 5) is 20.4. The average Bonchev–Trinajstić information content (AvgIpc) is 3.20. The van der Waals surface area contributed by atoms with Gasteiger partial charge in [0, 0.05) is 36.9 Å². The van der Waals surface area contributed by atoms with Crippen LogP contribution in [0.1, 0.15) is 6.92 Å². The van der Waals surface area contributed by atoms with Crippen molar-refractivity contribution in [1.82, 2.24) is 19.9 Å². The fraction of sp³-hybridized carbons (Fsp3) is 0.136. The van der Waals surface area contributed by atoms with Gasteiger partial charge in [-0.3, -0.25) is 4.98 Å². The predicted octanol–water partition coefficient (Wildman–Crippen LogP) is 5.36. The third kappa shape index (κ3) is 4.29. The van der Waals surface area contributed by atoms with Crippen molar-refractivity contribution in [2.75, 3.05) is 11.9 Å². The highest BCUT2D eigenvalue weighted by molar-refractivity contribution is 6.34. The highest BCUT2D eigenvalue weighted by Gasteiger charge is 2.16. The highest BCUT2D eigenvalue weighted by atomic mass is 35.5. The normalized spacial score (nSPS) is 10.8. The zero-order chi connectivity index (χ0) is 22.0. The first-order valence-corrected chi connectivity index (χ1v) is 9.92. The third-order valence-electron chi connectivity index (χ3n) is 4.56. The van der Waals surface area contributed by atoms with Gasteiger partial charge in [0.1, 0.15) is 10.8 Å². The van der Waals surface area contributed by atoms with E-state index in [-0.39, 0.29) is 16.5 Å². The van der Waals surface area contributed by atoms with E-state index >= 15 is 0 Å². The molecule has 2 amide bonds. The minimum Gasteiger partial charge on any atom is -0.453 e. The average molecular weight is 440 g/mol. The molecule has 0 unspecified atom stereocenters. The molecular formula is C22H19ClFN5O2. The van der Waals surface area contributed by atoms with Crippen molar-refractivity contribution in [3.63, 3.8) is 0 Å². The first-order chi connectivity index (χ1) is 15.0. The number of carbonyl (C=O) groups is 1. The zero-order valence-electron chi connectivity index (χ0n) is 16.8. The van der Waals surface area contributed by atoms with Crippen molar-refractivity contribution in [1.29, 1.82) is 0 Å². The zero-order valence-corrected chi connectivity index (χ0v) is 17.6. The number of halogens is 2. The molecule has 4 rings (SSSR count). The molecule has 0 radical (unpaired) electrons. The molecule has 2 aromatic carbocycles. The highest BCUT2D eigenvalue weighted by Crippen LogP contribution is 2.36. The monoisotopic (exact) mass is 439 g/mol. The number of imidazole rings is 1. The predicted molar refractivity (Wildman–Crippen MR) is 118 cm³/mol. The second-order valence-corrected chi connectivity index (χ2v) is 7.17. The fourth-order valence-corrected chi connectivity index (χ4v) is 3.29. The van der Waals surface area contributed by atoms with Crippen LogP contribution in [0.4, 0.5) is 14.9 Å². The molecule has 2 heterocycles. The molecule has 158 valence electrons. The minimum atomic E-state index is -0.772. The van der Waals surface area contributed by atoms with Gasteiger partial charge in [-0.2, -0.15) is 0 Å². The second kappa shape index (κ2) is 8.61. The summed E-state index contributed by atoms with van der Waals surface area (Å²) in [6.07, 6.45) is 5.23. The van der Waals surface area contributed by atoms with Gasteiger partial charge >= 0.3 is 6.03 Å². The molecule has 0 saturated heterocycles. The van der Waals surface area contributed by atoms with Gasteiger partial charge in [-0.25, -0.2) is 14.2 Å². The lowest BCUT2D eigenvalue weighted by Crippen LogP contribution is -2.28. The number of rotatable bonds is 5. The van der Waals surface area contributed by atoms with E-state index in [1.165, 1.54) is 12.1 Å². The number of carbonyl (C=O) groups excluding carboxylic acids is 1. The minimum absolute atomic E-state index is 0.0623. The molecule has 0 aliphatic rings. The van der Waals surface area contributed by atoms with E-state index in [9.17, 15) is 9.18 Å². The third-order valence-corrected chi connectivity index (χ3v) is 4.93. The van der Waals surface area contributed by atoms with Crippen molar-refractivity contribution in [2.45, 2.75) is 6.92 Å². The molecule has 31 heavy (non-hydrogen) atoms. The Morgan fingerprint density at radius 3 is 2.77 bits per heavy atom. The van der Waals surface area contributed by atoms with Crippen LogP contribution in [-0.2, 0) is 7.05 Å². The maximum absolute atomic E-state index is 14.8. The number of urea groups is 1. The Morgan fingerprint density at radius 2 is 2.03 bits per heavy atom. The van der Waals surface area contributed by atoms with Crippen LogP contribution >= 0.6 is 11.6 Å². The molecule has 0 bridgehead atoms. The number of fused-ring (bicyclic) bond motifs is 1. The van der Waals surface area contributed by atoms with Gasteiger partial charge in [0.05, 0.1) is 23.2 Å². The number of aromatic nitrogens is 3. The number of aryl methyl sites for hydroxylation is 1. The van der Waals surface area contributed by atoms with Crippen molar-refractivity contribution in [2.24, 2.45) is 7.05 Å². The molecule has 0 aliphatic heterocycles. The lowest BCUT2D eigenvalue weighted by atomic mass is 10.1. The van der Waals surface area contributed by atoms with Crippen molar-refractivity contribution in [3.8, 4) is 22.8 Å². The summed E-state index contributed by atoms with van der Waals surface area (Å²) in [6, 6.07) is 9.73. The number of benzene rings is 2. The number of hydrogen-bond donors (Lipinski definition) is 2. The van der Waals surface area contributed by atoms with Gasteiger partial charge in [0.15, 0.2) is 11.6 Å². The summed E-state index contributed by atoms with van der Waals surface area (Å²) in [6.45, 7) is 2.21. The Bertz CT molecular complexity index is 1270. The van der Waals surface area contributed by atoms with Crippen LogP contribution in [0.2, 0.25) is 5.02 Å². The van der Waals surface area contributed by atoms with E-state index in [1.54, 1.807) is 25.5 Å². The molecule has 0 saturated carbocycles. The molecule has 9 heteroatoms. The van der Waals surface area contributed by atoms with Gasteiger partial charge in [-0.1, -0.05) is 17.7 Å². The summed E-state index contributed by atoms with van der Waals surface area (Å²) in [5, 5.41) is 5.53. The Kier molecular flexibility index (Phi) is 5.73. The number of hydrogen-bond acceptors (Lipinski definition) is 4. The van der Waals surface area contributed by atoms with Crippen LogP contribution in [0.3, 0.4) is 0 Å². The maximum Gasteiger partial charge on any atom is 0.319 e. The number of nitrogens with one attached hydrogen (secondary N) is 2. The van der Waals surface area contributed by atoms with Crippen molar-refractivity contribution >= 4 is 34.2 Å². The Hall–Kier alpha value is -3.65. The summed E-state index contributed by atoms with van der Waals surface area (Å²) in [5.74, 6) is -0.407. The number of anilines is 1. The number of amides is 2. The van der Waals surface area contributed by atoms with E-state index < -0.39 is 11.8 Å². The molecular weight excluding hydrogens is 421 g/mol. The summed E-state index contributed by atoms with van der Waals surface area (Å²) in [7, 11) is 1.90. The van der Waals surface area contributed by atoms with Crippen LogP contribution in [0.5, 0.6) is 11.5 Å². The molecule has 0 fully saturated rings. The van der Waals surface area contributed by atoms with Gasteiger partial charge in [-0.15, -0.1) is 0 Å². The number of pyridine rings is 1. The van der Waals surface area contributed by atoms with E-state index in [0.717, 1.165) is 11.3 Å². The van der Waals surface area contributed by atoms with E-state index in [0.29, 0.717) is 23.2 Å². The molecule has 2 N–H and O–H groups in total. The SMILES string of the molecule is CCNC(=O)Nc1ccc(Oc2ccnc3cc(-c4cn(C)cn4)ccc23)c(F)c1Cl. The fourth-order valence-electron chi connectivity index (χ4n) is 3.08. The van der Waals surface area contributed by atoms with E-state index in [2.05, 4.69) is 20.6 Å². The maximum atomic E-state index is 14.8. The molecule has 0 spiro atoms. The Labute approximate surface area is 182 Å². The molecule has 4 aromatic rings. The summed E-state index contributed by atoms with van der Waals surface area (Å²) >= 11 is 6.10. The quantitative estimate of drug-likeness (QED) is 0.438. The van der Waals surface area contributed by atoms with Gasteiger partial charge < -0.3 is 19.9 Å². The van der Waals surface area contributed by atoms with Gasteiger partial charge in [0.2, 0.25) is 0 Å². The topological polar surface area (TPSA) is 81.1 Å². The van der Waals surface area contributed by atoms with Gasteiger partial charge in [0.25, 0.3) is 0 Å². The van der Waals surface area contributed by atoms with Crippen LogP contribution < -0.4 is 15.4 Å². The Balaban J connectivity index is 1.64. The standard InChI is InChI=1S/C22H19ClFN5O2/c1-3-25-22(30)28-15-6-7-19(21(24)20(15)23)31-18-8-9-26-16-10-13(4-5-14(16)18)17-11-29(2)12-27-17/h4-12H,3H2,1-2H3,(H2,25,28,30). The Morgan fingerprint density at radius 1 is 1.19 bits per heavy atom. The number of nitrogens with zero attached hydrogens (tertiary/aromatic N) is 3. The number of ether oxygens (including phenoxy) is 1. The van der Waals surface area contributed by atoms with Crippen LogP contribution in [0.25, 0.3) is 22.2 Å². The van der Waals surface area contributed by atoms with Crippen LogP contribution in [-0.4, -0.2) is 27.1 Å². The van der Waals surface area contributed by atoms with Crippen molar-refractivity contribution < 1.29 is 13.9 Å². The van der Waals surface area contributed by atoms with Gasteiger partial charge in [-0.05, 0) is 37.3 Å². The first-order valence-electron chi connectivity index (χ1n) is 9.54. The molecule has 2 aromatic heterocycles. The van der Waals surface area contributed by atoms with E-state index in [4.69, 9.17) is 16.3 Å². The first kappa shape index (κ1) is 20.6. The van der Waals surface area contributed by atoms with E-state index in [1.807, 2.05) is 36.0 Å². The lowest BCUT2D eigenvalue weighted by molar-refractivity contribution is 0.252. The molecule has 7 nitrogen and oxygen atoms in total. The largest absolute Gasteiger partial charge is 0.453 e. The molecule has 0 aliphatic carbocycles. The lowest BCUT2D eigenvalue weighted by Gasteiger charge is -2.13. The smallest absolute Gasteiger partial charge is 0.319 e. The second-order valence-electron chi connectivity index (χ2n) is 6.79. The van der Waals surface area contributed by atoms with Crippen LogP contribution in [0.15, 0.2) is 55.1 Å². The summed E-state index contributed by atoms with van der Waals surface area (Å²) < 4.78 is 22.5. The summed E-state index contributed by atoms with van der Waals surface area (Å²) in [5.41, 5.74) is 2.57. The molecule has 0 atom stereocenters. The van der Waals surface area contributed by atoms with Crippen molar-refractivity contribution in [3.05, 3.63) is 66.0 Å². The van der Waals surface area contributed by atoms with Crippen LogP contribution in [0, 0.1) is 5.82 Å².